The standard InChI is InChI=1S/C13H20O2/c1-9-6-13-4-3-10(9)5-11(13)7-12(2,14)15-8-13/h10-11,14H,1,3-8H2,2H3/t10-,11-,12+,13-/m0/s1. The van der Waals surface area contributed by atoms with Gasteiger partial charge < -0.3 is 9.84 Å². The van der Waals surface area contributed by atoms with E-state index < -0.39 is 5.79 Å². The summed E-state index contributed by atoms with van der Waals surface area (Å²) in [5.41, 5.74) is 1.76. The minimum Gasteiger partial charge on any atom is -0.366 e. The highest BCUT2D eigenvalue weighted by molar-refractivity contribution is 5.17. The lowest BCUT2D eigenvalue weighted by molar-refractivity contribution is -0.271. The van der Waals surface area contributed by atoms with E-state index in [1.54, 1.807) is 6.92 Å². The highest BCUT2D eigenvalue weighted by atomic mass is 16.6. The van der Waals surface area contributed by atoms with Gasteiger partial charge in [-0.15, -0.1) is 0 Å². The summed E-state index contributed by atoms with van der Waals surface area (Å²) in [4.78, 5) is 0. The number of allylic oxidation sites excluding steroid dienone is 1. The van der Waals surface area contributed by atoms with Crippen LogP contribution in [0.25, 0.3) is 0 Å². The third kappa shape index (κ3) is 1.38. The van der Waals surface area contributed by atoms with E-state index in [2.05, 4.69) is 6.58 Å². The summed E-state index contributed by atoms with van der Waals surface area (Å²) in [5.74, 6) is 0.505. The predicted octanol–water partition coefficient (Wildman–Crippen LogP) is 2.48. The van der Waals surface area contributed by atoms with Crippen LogP contribution < -0.4 is 0 Å². The Hall–Kier alpha value is -0.340. The van der Waals surface area contributed by atoms with Crippen molar-refractivity contribution in [1.29, 1.82) is 0 Å². The van der Waals surface area contributed by atoms with E-state index in [9.17, 15) is 5.11 Å². The molecule has 0 aromatic heterocycles. The number of aliphatic hydroxyl groups is 1. The predicted molar refractivity (Wildman–Crippen MR) is 58.2 cm³/mol. The maximum Gasteiger partial charge on any atom is 0.162 e. The molecule has 15 heavy (non-hydrogen) atoms. The Bertz CT molecular complexity index is 308. The smallest absolute Gasteiger partial charge is 0.162 e. The van der Waals surface area contributed by atoms with Gasteiger partial charge in [0.2, 0.25) is 0 Å². The first-order chi connectivity index (χ1) is 7.01. The van der Waals surface area contributed by atoms with Crippen molar-refractivity contribution in [3.8, 4) is 0 Å². The van der Waals surface area contributed by atoms with Crippen molar-refractivity contribution in [2.24, 2.45) is 17.3 Å². The molecule has 0 amide bonds. The quantitative estimate of drug-likeness (QED) is 0.620. The molecule has 1 aliphatic heterocycles. The number of rotatable bonds is 0. The molecule has 1 heterocycles. The molecule has 4 atom stereocenters. The molecule has 3 saturated carbocycles. The molecule has 84 valence electrons. The zero-order valence-electron chi connectivity index (χ0n) is 9.46. The van der Waals surface area contributed by atoms with E-state index >= 15 is 0 Å². The molecule has 3 aliphatic carbocycles. The minimum absolute atomic E-state index is 0.327. The van der Waals surface area contributed by atoms with Crippen LogP contribution in [-0.2, 0) is 4.74 Å². The maximum atomic E-state index is 9.96. The van der Waals surface area contributed by atoms with E-state index in [0.717, 1.165) is 25.4 Å². The molecule has 1 spiro atoms. The van der Waals surface area contributed by atoms with Gasteiger partial charge in [0.15, 0.2) is 5.79 Å². The average molecular weight is 208 g/mol. The van der Waals surface area contributed by atoms with Gasteiger partial charge in [-0.2, -0.15) is 0 Å². The van der Waals surface area contributed by atoms with E-state index in [1.165, 1.54) is 24.8 Å². The zero-order valence-corrected chi connectivity index (χ0v) is 9.46. The summed E-state index contributed by atoms with van der Waals surface area (Å²) >= 11 is 0. The van der Waals surface area contributed by atoms with Crippen molar-refractivity contribution in [3.63, 3.8) is 0 Å². The molecule has 4 aliphatic rings. The molecular formula is C13H20O2. The normalized spacial score (nSPS) is 54.1. The van der Waals surface area contributed by atoms with Gasteiger partial charge in [0.1, 0.15) is 0 Å². The van der Waals surface area contributed by atoms with Crippen molar-refractivity contribution in [2.45, 2.75) is 44.8 Å². The summed E-state index contributed by atoms with van der Waals surface area (Å²) in [6, 6.07) is 0. The van der Waals surface area contributed by atoms with E-state index in [0.29, 0.717) is 11.3 Å². The highest BCUT2D eigenvalue weighted by Crippen LogP contribution is 2.59. The van der Waals surface area contributed by atoms with E-state index in [-0.39, 0.29) is 0 Å². The van der Waals surface area contributed by atoms with Gasteiger partial charge in [-0.05, 0) is 44.4 Å². The van der Waals surface area contributed by atoms with Gasteiger partial charge in [0, 0.05) is 11.8 Å². The molecule has 2 nitrogen and oxygen atoms in total. The summed E-state index contributed by atoms with van der Waals surface area (Å²) in [5, 5.41) is 9.96. The molecule has 0 unspecified atom stereocenters. The summed E-state index contributed by atoms with van der Waals surface area (Å²) in [6.45, 7) is 6.74. The minimum atomic E-state index is -0.880. The first kappa shape index (κ1) is 9.86. The van der Waals surface area contributed by atoms with Crippen LogP contribution in [0.2, 0.25) is 0 Å². The average Bonchev–Trinajstić information content (AvgIpc) is 2.17. The number of fused-ring (bicyclic) bond motifs is 2. The monoisotopic (exact) mass is 208 g/mol. The molecule has 1 saturated heterocycles. The van der Waals surface area contributed by atoms with Crippen molar-refractivity contribution in [2.75, 3.05) is 6.61 Å². The highest BCUT2D eigenvalue weighted by Gasteiger charge is 2.54. The van der Waals surface area contributed by atoms with Gasteiger partial charge in [0.25, 0.3) is 0 Å². The van der Waals surface area contributed by atoms with Gasteiger partial charge in [0.05, 0.1) is 6.61 Å². The largest absolute Gasteiger partial charge is 0.366 e. The van der Waals surface area contributed by atoms with Crippen LogP contribution in [0.1, 0.15) is 39.0 Å². The lowest BCUT2D eigenvalue weighted by atomic mass is 9.52. The molecule has 4 fully saturated rings. The fourth-order valence-corrected chi connectivity index (χ4v) is 3.93. The lowest BCUT2D eigenvalue weighted by Crippen LogP contribution is -2.54. The molecular weight excluding hydrogens is 188 g/mol. The second kappa shape index (κ2) is 2.86. The van der Waals surface area contributed by atoms with Crippen molar-refractivity contribution >= 4 is 0 Å². The zero-order chi connectivity index (χ0) is 10.7. The first-order valence-corrected chi connectivity index (χ1v) is 6.05. The molecule has 4 rings (SSSR count). The van der Waals surface area contributed by atoms with Crippen LogP contribution in [0.3, 0.4) is 0 Å². The fourth-order valence-electron chi connectivity index (χ4n) is 3.93. The molecule has 0 aromatic rings. The van der Waals surface area contributed by atoms with Crippen LogP contribution in [0.5, 0.6) is 0 Å². The van der Waals surface area contributed by atoms with Gasteiger partial charge in [-0.3, -0.25) is 0 Å². The van der Waals surface area contributed by atoms with Gasteiger partial charge in [-0.1, -0.05) is 12.2 Å². The fraction of sp³-hybridized carbons (Fsp3) is 0.846. The van der Waals surface area contributed by atoms with Crippen LogP contribution in [-0.4, -0.2) is 17.5 Å². The van der Waals surface area contributed by atoms with Crippen LogP contribution >= 0.6 is 0 Å². The Morgan fingerprint density at radius 2 is 2.33 bits per heavy atom. The second-order valence-corrected chi connectivity index (χ2v) is 6.03. The van der Waals surface area contributed by atoms with Crippen LogP contribution in [0.4, 0.5) is 0 Å². The molecule has 2 bridgehead atoms. The third-order valence-electron chi connectivity index (χ3n) is 4.88. The van der Waals surface area contributed by atoms with Crippen LogP contribution in [0, 0.1) is 17.3 Å². The lowest BCUT2D eigenvalue weighted by Gasteiger charge is -2.57. The topological polar surface area (TPSA) is 29.5 Å². The molecule has 0 radical (unpaired) electrons. The van der Waals surface area contributed by atoms with E-state index in [1.807, 2.05) is 0 Å². The molecule has 0 aromatic carbocycles. The summed E-state index contributed by atoms with van der Waals surface area (Å²) < 4.78 is 5.62. The van der Waals surface area contributed by atoms with Crippen molar-refractivity contribution < 1.29 is 9.84 Å². The Morgan fingerprint density at radius 3 is 3.07 bits per heavy atom. The number of ether oxygens (including phenoxy) is 1. The van der Waals surface area contributed by atoms with Crippen molar-refractivity contribution in [3.05, 3.63) is 12.2 Å². The van der Waals surface area contributed by atoms with Crippen molar-refractivity contribution in [1.82, 2.24) is 0 Å². The van der Waals surface area contributed by atoms with Gasteiger partial charge in [-0.25, -0.2) is 0 Å². The first-order valence-electron chi connectivity index (χ1n) is 6.05. The number of hydrogen-bond acceptors (Lipinski definition) is 2. The number of hydrogen-bond donors (Lipinski definition) is 1. The third-order valence-corrected chi connectivity index (χ3v) is 4.88. The van der Waals surface area contributed by atoms with E-state index in [4.69, 9.17) is 4.74 Å². The Balaban J connectivity index is 1.89. The Kier molecular flexibility index (Phi) is 1.88. The molecule has 1 N–H and O–H groups in total. The van der Waals surface area contributed by atoms with Gasteiger partial charge >= 0.3 is 0 Å². The molecule has 2 heteroatoms. The SMILES string of the molecule is C=C1C[C@]23CC[C@H]1C[C@H]2C[C@](C)(O)OC3. The summed E-state index contributed by atoms with van der Waals surface area (Å²) in [7, 11) is 0. The van der Waals surface area contributed by atoms with Crippen LogP contribution in [0.15, 0.2) is 12.2 Å². The maximum absolute atomic E-state index is 9.96. The second-order valence-electron chi connectivity index (χ2n) is 6.03. The Morgan fingerprint density at radius 1 is 1.53 bits per heavy atom. The Labute approximate surface area is 91.3 Å². The summed E-state index contributed by atoms with van der Waals surface area (Å²) in [6.07, 6.45) is 5.76.